The van der Waals surface area contributed by atoms with Gasteiger partial charge in [0.05, 0.1) is 16.2 Å². The molecule has 7 nitrogen and oxygen atoms in total. The van der Waals surface area contributed by atoms with Crippen molar-refractivity contribution >= 4 is 17.3 Å². The van der Waals surface area contributed by atoms with Gasteiger partial charge in [0, 0.05) is 31.8 Å². The van der Waals surface area contributed by atoms with Crippen LogP contribution in [0.5, 0.6) is 0 Å². The van der Waals surface area contributed by atoms with Gasteiger partial charge in [-0.1, -0.05) is 6.92 Å². The number of anilines is 1. The topological polar surface area (TPSA) is 86.9 Å². The number of hydrogen-bond donors (Lipinski definition) is 1. The number of carboxylic acid groups (broad SMARTS) is 1. The first-order valence-electron chi connectivity index (χ1n) is 6.78. The summed E-state index contributed by atoms with van der Waals surface area (Å²) in [5.74, 6) is -1.15. The van der Waals surface area contributed by atoms with E-state index in [9.17, 15) is 20.0 Å². The molecule has 0 fully saturated rings. The number of non-ortho nitro benzene ring substituents is 1. The van der Waals surface area contributed by atoms with E-state index in [1.54, 1.807) is 0 Å². The molecule has 21 heavy (non-hydrogen) atoms. The van der Waals surface area contributed by atoms with E-state index in [2.05, 4.69) is 0 Å². The monoisotopic (exact) mass is 295 g/mol. The van der Waals surface area contributed by atoms with E-state index < -0.39 is 10.9 Å². The molecule has 7 heteroatoms. The van der Waals surface area contributed by atoms with E-state index in [1.807, 2.05) is 30.8 Å². The predicted molar refractivity (Wildman–Crippen MR) is 81.1 cm³/mol. The second-order valence-electron chi connectivity index (χ2n) is 5.05. The summed E-state index contributed by atoms with van der Waals surface area (Å²) in [6.45, 7) is 4.15. The lowest BCUT2D eigenvalue weighted by atomic mass is 10.1. The van der Waals surface area contributed by atoms with Crippen LogP contribution in [0.3, 0.4) is 0 Å². The summed E-state index contributed by atoms with van der Waals surface area (Å²) in [4.78, 5) is 25.6. The van der Waals surface area contributed by atoms with Gasteiger partial charge in [0.1, 0.15) is 0 Å². The van der Waals surface area contributed by atoms with Gasteiger partial charge in [-0.2, -0.15) is 0 Å². The first-order valence-corrected chi connectivity index (χ1v) is 6.78. The maximum Gasteiger partial charge on any atom is 0.338 e. The van der Waals surface area contributed by atoms with Gasteiger partial charge in [-0.25, -0.2) is 4.79 Å². The molecule has 1 aromatic rings. The van der Waals surface area contributed by atoms with Crippen LogP contribution in [0.25, 0.3) is 0 Å². The molecule has 0 unspecified atom stereocenters. The van der Waals surface area contributed by atoms with Crippen molar-refractivity contribution in [1.29, 1.82) is 0 Å². The molecular formula is C14H21N3O4. The zero-order valence-electron chi connectivity index (χ0n) is 12.6. The summed E-state index contributed by atoms with van der Waals surface area (Å²) in [6, 6.07) is 3.99. The Hall–Kier alpha value is -2.15. The third-order valence-electron chi connectivity index (χ3n) is 3.07. The van der Waals surface area contributed by atoms with E-state index in [-0.39, 0.29) is 11.3 Å². The van der Waals surface area contributed by atoms with Crippen LogP contribution in [0.4, 0.5) is 11.4 Å². The molecule has 0 aromatic heterocycles. The summed E-state index contributed by atoms with van der Waals surface area (Å²) in [5.41, 5.74) is 0.286. The van der Waals surface area contributed by atoms with Gasteiger partial charge >= 0.3 is 5.97 Å². The van der Waals surface area contributed by atoms with Crippen LogP contribution in [0.15, 0.2) is 18.2 Å². The molecule has 0 spiro atoms. The fraction of sp³-hybridized carbons (Fsp3) is 0.500. The van der Waals surface area contributed by atoms with Gasteiger partial charge in [0.25, 0.3) is 5.69 Å². The highest BCUT2D eigenvalue weighted by Gasteiger charge is 2.19. The van der Waals surface area contributed by atoms with Crippen molar-refractivity contribution in [2.24, 2.45) is 0 Å². The Labute approximate surface area is 123 Å². The number of nitro groups is 1. The smallest absolute Gasteiger partial charge is 0.338 e. The maximum absolute atomic E-state index is 11.4. The van der Waals surface area contributed by atoms with Crippen LogP contribution >= 0.6 is 0 Å². The third kappa shape index (κ3) is 4.71. The van der Waals surface area contributed by atoms with Crippen molar-refractivity contribution in [3.8, 4) is 0 Å². The standard InChI is InChI=1S/C14H21N3O4/c1-4-7-16(9-8-15(2)3)13-6-5-11(17(20)21)10-12(13)14(18)19/h5-6,10H,4,7-9H2,1-3H3,(H,18,19). The molecule has 0 aliphatic heterocycles. The molecule has 0 bridgehead atoms. The normalized spacial score (nSPS) is 10.7. The second kappa shape index (κ2) is 7.58. The molecule has 0 amide bonds. The van der Waals surface area contributed by atoms with Gasteiger partial charge in [-0.3, -0.25) is 10.1 Å². The highest BCUT2D eigenvalue weighted by molar-refractivity contribution is 5.95. The van der Waals surface area contributed by atoms with Gasteiger partial charge in [0.15, 0.2) is 0 Å². The van der Waals surface area contributed by atoms with E-state index in [1.165, 1.54) is 12.1 Å². The lowest BCUT2D eigenvalue weighted by Crippen LogP contribution is -2.33. The van der Waals surface area contributed by atoms with Gasteiger partial charge < -0.3 is 14.9 Å². The molecule has 1 N–H and O–H groups in total. The number of benzene rings is 1. The summed E-state index contributed by atoms with van der Waals surface area (Å²) in [5, 5.41) is 20.1. The van der Waals surface area contributed by atoms with E-state index in [0.717, 1.165) is 19.0 Å². The molecule has 0 aliphatic rings. The molecule has 0 heterocycles. The fourth-order valence-electron chi connectivity index (χ4n) is 2.03. The second-order valence-corrected chi connectivity index (χ2v) is 5.05. The van der Waals surface area contributed by atoms with Crippen molar-refractivity contribution in [3.63, 3.8) is 0 Å². The Balaban J connectivity index is 3.16. The van der Waals surface area contributed by atoms with E-state index in [0.29, 0.717) is 18.8 Å². The summed E-state index contributed by atoms with van der Waals surface area (Å²) in [7, 11) is 3.89. The van der Waals surface area contributed by atoms with Crippen LogP contribution < -0.4 is 4.90 Å². The summed E-state index contributed by atoms with van der Waals surface area (Å²) >= 11 is 0. The molecule has 116 valence electrons. The van der Waals surface area contributed by atoms with Crippen LogP contribution in [0, 0.1) is 10.1 Å². The van der Waals surface area contributed by atoms with Crippen LogP contribution in [-0.4, -0.2) is 54.6 Å². The number of carbonyl (C=O) groups is 1. The van der Waals surface area contributed by atoms with Crippen LogP contribution in [0.1, 0.15) is 23.7 Å². The van der Waals surface area contributed by atoms with Crippen molar-refractivity contribution < 1.29 is 14.8 Å². The molecule has 1 rings (SSSR count). The minimum atomic E-state index is -1.15. The zero-order chi connectivity index (χ0) is 16.0. The molecule has 0 atom stereocenters. The van der Waals surface area contributed by atoms with Gasteiger partial charge in [0.2, 0.25) is 0 Å². The molecule has 0 radical (unpaired) electrons. The zero-order valence-corrected chi connectivity index (χ0v) is 12.6. The number of hydrogen-bond acceptors (Lipinski definition) is 5. The minimum Gasteiger partial charge on any atom is -0.478 e. The Bertz CT molecular complexity index is 517. The molecule has 0 saturated carbocycles. The highest BCUT2D eigenvalue weighted by Crippen LogP contribution is 2.26. The Morgan fingerprint density at radius 2 is 1.95 bits per heavy atom. The average Bonchev–Trinajstić information content (AvgIpc) is 2.42. The summed E-state index contributed by atoms with van der Waals surface area (Å²) in [6.07, 6.45) is 0.865. The lowest BCUT2D eigenvalue weighted by Gasteiger charge is -2.27. The van der Waals surface area contributed by atoms with E-state index in [4.69, 9.17) is 0 Å². The SMILES string of the molecule is CCCN(CCN(C)C)c1ccc([N+](=O)[O-])cc1C(=O)O. The average molecular weight is 295 g/mol. The number of rotatable bonds is 8. The number of nitro benzene ring substituents is 1. The van der Waals surface area contributed by atoms with Crippen molar-refractivity contribution in [1.82, 2.24) is 4.90 Å². The van der Waals surface area contributed by atoms with E-state index >= 15 is 0 Å². The highest BCUT2D eigenvalue weighted by atomic mass is 16.6. The molecule has 0 aliphatic carbocycles. The maximum atomic E-state index is 11.4. The van der Waals surface area contributed by atoms with Crippen LogP contribution in [0.2, 0.25) is 0 Å². The van der Waals surface area contributed by atoms with Crippen molar-refractivity contribution in [2.75, 3.05) is 38.6 Å². The van der Waals surface area contributed by atoms with Crippen molar-refractivity contribution in [3.05, 3.63) is 33.9 Å². The predicted octanol–water partition coefficient (Wildman–Crippen LogP) is 2.07. The number of likely N-dealkylation sites (N-methyl/N-ethyl adjacent to an activating group) is 1. The Morgan fingerprint density at radius 1 is 1.29 bits per heavy atom. The largest absolute Gasteiger partial charge is 0.478 e. The molecule has 1 aromatic carbocycles. The molecule has 0 saturated heterocycles. The number of aromatic carboxylic acids is 1. The lowest BCUT2D eigenvalue weighted by molar-refractivity contribution is -0.384. The minimum absolute atomic E-state index is 0.0311. The third-order valence-corrected chi connectivity index (χ3v) is 3.07. The van der Waals surface area contributed by atoms with Crippen LogP contribution in [-0.2, 0) is 0 Å². The quantitative estimate of drug-likeness (QED) is 0.583. The fourth-order valence-corrected chi connectivity index (χ4v) is 2.03. The number of nitrogens with zero attached hydrogens (tertiary/aromatic N) is 3. The molecular weight excluding hydrogens is 274 g/mol. The first-order chi connectivity index (χ1) is 9.86. The van der Waals surface area contributed by atoms with Crippen molar-refractivity contribution in [2.45, 2.75) is 13.3 Å². The summed E-state index contributed by atoms with van der Waals surface area (Å²) < 4.78 is 0. The first kappa shape index (κ1) is 16.9. The number of carboxylic acids is 1. The Morgan fingerprint density at radius 3 is 2.43 bits per heavy atom. The van der Waals surface area contributed by atoms with Gasteiger partial charge in [-0.05, 0) is 26.6 Å². The Kier molecular flexibility index (Phi) is 6.10. The van der Waals surface area contributed by atoms with Gasteiger partial charge in [-0.15, -0.1) is 0 Å².